The maximum absolute atomic E-state index is 12.6. The van der Waals surface area contributed by atoms with Crippen LogP contribution in [-0.2, 0) is 19.6 Å². The Kier molecular flexibility index (Phi) is 5.61. The minimum Gasteiger partial charge on any atom is -0.491 e. The van der Waals surface area contributed by atoms with Crippen molar-refractivity contribution in [1.82, 2.24) is 4.31 Å². The molecule has 1 saturated heterocycles. The first-order valence-corrected chi connectivity index (χ1v) is 8.75. The average molecular weight is 343 g/mol. The number of benzene rings is 1. The van der Waals surface area contributed by atoms with Crippen LogP contribution >= 0.6 is 0 Å². The smallest absolute Gasteiger partial charge is 0.308 e. The molecule has 7 nitrogen and oxygen atoms in total. The van der Waals surface area contributed by atoms with Crippen molar-refractivity contribution in [1.29, 1.82) is 0 Å². The summed E-state index contributed by atoms with van der Waals surface area (Å²) in [6.07, 6.45) is 0. The molecule has 2 atom stereocenters. The van der Waals surface area contributed by atoms with Gasteiger partial charge in [0.25, 0.3) is 0 Å². The van der Waals surface area contributed by atoms with E-state index >= 15 is 0 Å². The number of aliphatic carboxylic acids is 1. The molecule has 1 aromatic rings. The number of rotatable bonds is 7. The SMILES string of the molecule is COCCOc1ccc(S(=O)(=O)N2C[C@@H](C)[C@H](C(=O)O)C2)cc1. The van der Waals surface area contributed by atoms with Gasteiger partial charge in [0.2, 0.25) is 10.0 Å². The second kappa shape index (κ2) is 7.29. The van der Waals surface area contributed by atoms with E-state index < -0.39 is 21.9 Å². The lowest BCUT2D eigenvalue weighted by Gasteiger charge is -2.16. The van der Waals surface area contributed by atoms with Gasteiger partial charge in [-0.05, 0) is 30.2 Å². The zero-order valence-electron chi connectivity index (χ0n) is 13.1. The number of carboxylic acid groups (broad SMARTS) is 1. The van der Waals surface area contributed by atoms with E-state index in [2.05, 4.69) is 0 Å². The summed E-state index contributed by atoms with van der Waals surface area (Å²) in [5.41, 5.74) is 0. The van der Waals surface area contributed by atoms with E-state index in [0.29, 0.717) is 19.0 Å². The van der Waals surface area contributed by atoms with Crippen LogP contribution in [-0.4, -0.2) is 57.2 Å². The summed E-state index contributed by atoms with van der Waals surface area (Å²) in [5.74, 6) is -1.28. The predicted molar refractivity (Wildman–Crippen MR) is 82.9 cm³/mol. The summed E-state index contributed by atoms with van der Waals surface area (Å²) in [5, 5.41) is 9.13. The Balaban J connectivity index is 2.09. The molecule has 1 aliphatic rings. The molecule has 1 aromatic carbocycles. The molecule has 1 N–H and O–H groups in total. The first-order valence-electron chi connectivity index (χ1n) is 7.31. The lowest BCUT2D eigenvalue weighted by molar-refractivity contribution is -0.142. The van der Waals surface area contributed by atoms with Crippen molar-refractivity contribution in [3.05, 3.63) is 24.3 Å². The molecule has 1 fully saturated rings. The molecule has 0 saturated carbocycles. The molecule has 8 heteroatoms. The topological polar surface area (TPSA) is 93.1 Å². The molecule has 0 amide bonds. The fourth-order valence-electron chi connectivity index (χ4n) is 2.54. The van der Waals surface area contributed by atoms with E-state index in [4.69, 9.17) is 14.6 Å². The maximum atomic E-state index is 12.6. The molecular formula is C15H21NO6S. The van der Waals surface area contributed by atoms with Crippen LogP contribution in [0.3, 0.4) is 0 Å². The summed E-state index contributed by atoms with van der Waals surface area (Å²) < 4.78 is 36.7. The highest BCUT2D eigenvalue weighted by molar-refractivity contribution is 7.89. The molecule has 1 heterocycles. The molecule has 128 valence electrons. The predicted octanol–water partition coefficient (Wildman–Crippen LogP) is 1.05. The molecule has 0 aliphatic carbocycles. The maximum Gasteiger partial charge on any atom is 0.308 e. The number of ether oxygens (including phenoxy) is 2. The Morgan fingerprint density at radius 2 is 1.91 bits per heavy atom. The van der Waals surface area contributed by atoms with Gasteiger partial charge in [0, 0.05) is 20.2 Å². The van der Waals surface area contributed by atoms with Gasteiger partial charge in [-0.2, -0.15) is 4.31 Å². The van der Waals surface area contributed by atoms with Crippen molar-refractivity contribution >= 4 is 16.0 Å². The number of nitrogens with zero attached hydrogens (tertiary/aromatic N) is 1. The van der Waals surface area contributed by atoms with Gasteiger partial charge in [0.15, 0.2) is 0 Å². The highest BCUT2D eigenvalue weighted by atomic mass is 32.2. The normalized spacial score (nSPS) is 22.2. The van der Waals surface area contributed by atoms with Crippen molar-refractivity contribution in [2.75, 3.05) is 33.4 Å². The number of hydrogen-bond donors (Lipinski definition) is 1. The van der Waals surface area contributed by atoms with Crippen molar-refractivity contribution in [2.24, 2.45) is 11.8 Å². The Morgan fingerprint density at radius 1 is 1.26 bits per heavy atom. The molecule has 0 spiro atoms. The van der Waals surface area contributed by atoms with E-state index in [1.807, 2.05) is 0 Å². The Hall–Kier alpha value is -1.64. The summed E-state index contributed by atoms with van der Waals surface area (Å²) in [4.78, 5) is 11.3. The monoisotopic (exact) mass is 343 g/mol. The van der Waals surface area contributed by atoms with E-state index in [9.17, 15) is 13.2 Å². The zero-order valence-corrected chi connectivity index (χ0v) is 14.0. The standard InChI is InChI=1S/C15H21NO6S/c1-11-9-16(10-14(11)15(17)18)23(19,20)13-5-3-12(4-6-13)22-8-7-21-2/h3-6,11,14H,7-10H2,1-2H3,(H,17,18)/t11-,14-/m1/s1. The van der Waals surface area contributed by atoms with Crippen molar-refractivity contribution in [3.63, 3.8) is 0 Å². The van der Waals surface area contributed by atoms with Crippen LogP contribution in [0.1, 0.15) is 6.92 Å². The fourth-order valence-corrected chi connectivity index (χ4v) is 4.11. The quantitative estimate of drug-likeness (QED) is 0.744. The third kappa shape index (κ3) is 4.01. The molecular weight excluding hydrogens is 322 g/mol. The number of methoxy groups -OCH3 is 1. The second-order valence-corrected chi connectivity index (χ2v) is 7.49. The van der Waals surface area contributed by atoms with Gasteiger partial charge >= 0.3 is 5.97 Å². The molecule has 0 unspecified atom stereocenters. The fraction of sp³-hybridized carbons (Fsp3) is 0.533. The summed E-state index contributed by atoms with van der Waals surface area (Å²) in [6, 6.07) is 6.10. The number of carboxylic acids is 1. The average Bonchev–Trinajstić information content (AvgIpc) is 2.91. The molecule has 1 aliphatic heterocycles. The first-order chi connectivity index (χ1) is 10.9. The molecule has 0 bridgehead atoms. The van der Waals surface area contributed by atoms with E-state index in [1.54, 1.807) is 26.2 Å². The molecule has 0 aromatic heterocycles. The lowest BCUT2D eigenvalue weighted by atomic mass is 9.99. The third-order valence-electron chi connectivity index (χ3n) is 3.91. The lowest BCUT2D eigenvalue weighted by Crippen LogP contribution is -2.30. The van der Waals surface area contributed by atoms with Crippen LogP contribution in [0.5, 0.6) is 5.75 Å². The summed E-state index contributed by atoms with van der Waals surface area (Å²) >= 11 is 0. The Labute approximate surface area is 135 Å². The highest BCUT2D eigenvalue weighted by Crippen LogP contribution is 2.29. The zero-order chi connectivity index (χ0) is 17.0. The van der Waals surface area contributed by atoms with Crippen LogP contribution in [0.25, 0.3) is 0 Å². The highest BCUT2D eigenvalue weighted by Gasteiger charge is 2.40. The van der Waals surface area contributed by atoms with Gasteiger partial charge in [0.05, 0.1) is 17.4 Å². The van der Waals surface area contributed by atoms with Gasteiger partial charge in [-0.25, -0.2) is 8.42 Å². The first kappa shape index (κ1) is 17.7. The van der Waals surface area contributed by atoms with Crippen LogP contribution in [0.4, 0.5) is 0 Å². The van der Waals surface area contributed by atoms with Gasteiger partial charge in [0.1, 0.15) is 12.4 Å². The van der Waals surface area contributed by atoms with Gasteiger partial charge in [-0.1, -0.05) is 6.92 Å². The van der Waals surface area contributed by atoms with E-state index in [-0.39, 0.29) is 23.9 Å². The van der Waals surface area contributed by atoms with Crippen molar-refractivity contribution in [2.45, 2.75) is 11.8 Å². The molecule has 23 heavy (non-hydrogen) atoms. The van der Waals surface area contributed by atoms with Gasteiger partial charge in [-0.15, -0.1) is 0 Å². The van der Waals surface area contributed by atoms with Gasteiger partial charge < -0.3 is 14.6 Å². The molecule has 2 rings (SSSR count). The number of hydrogen-bond acceptors (Lipinski definition) is 5. The van der Waals surface area contributed by atoms with Crippen LogP contribution < -0.4 is 4.74 Å². The number of carbonyl (C=O) groups is 1. The van der Waals surface area contributed by atoms with Crippen molar-refractivity contribution < 1.29 is 27.8 Å². The van der Waals surface area contributed by atoms with Crippen LogP contribution in [0.2, 0.25) is 0 Å². The minimum absolute atomic E-state index is 0.00488. The third-order valence-corrected chi connectivity index (χ3v) is 5.76. The Bertz CT molecular complexity index is 642. The number of sulfonamides is 1. The second-order valence-electron chi connectivity index (χ2n) is 5.56. The van der Waals surface area contributed by atoms with E-state index in [0.717, 1.165) is 0 Å². The molecule has 0 radical (unpaired) electrons. The summed E-state index contributed by atoms with van der Waals surface area (Å²) in [6.45, 7) is 2.80. The largest absolute Gasteiger partial charge is 0.491 e. The van der Waals surface area contributed by atoms with Crippen LogP contribution in [0, 0.1) is 11.8 Å². The minimum atomic E-state index is -3.69. The van der Waals surface area contributed by atoms with E-state index in [1.165, 1.54) is 16.4 Å². The summed E-state index contributed by atoms with van der Waals surface area (Å²) in [7, 11) is -2.12. The van der Waals surface area contributed by atoms with Crippen molar-refractivity contribution in [3.8, 4) is 5.75 Å². The Morgan fingerprint density at radius 3 is 2.43 bits per heavy atom. The van der Waals surface area contributed by atoms with Gasteiger partial charge in [-0.3, -0.25) is 4.79 Å². The van der Waals surface area contributed by atoms with Crippen LogP contribution in [0.15, 0.2) is 29.2 Å².